The number of nitrogens with zero attached hydrogens (tertiary/aromatic N) is 3. The number of benzene rings is 2. The lowest BCUT2D eigenvalue weighted by molar-refractivity contribution is -0.121. The Labute approximate surface area is 182 Å². The summed E-state index contributed by atoms with van der Waals surface area (Å²) in [5.74, 6) is -0.790. The highest BCUT2D eigenvalue weighted by molar-refractivity contribution is 14.1. The van der Waals surface area contributed by atoms with Crippen LogP contribution in [0.3, 0.4) is 0 Å². The lowest BCUT2D eigenvalue weighted by Crippen LogP contribution is -2.47. The third kappa shape index (κ3) is 3.81. The first-order valence-electron chi connectivity index (χ1n) is 9.10. The van der Waals surface area contributed by atoms with Gasteiger partial charge in [0.1, 0.15) is 10.7 Å². The fourth-order valence-corrected chi connectivity index (χ4v) is 4.21. The Morgan fingerprint density at radius 2 is 1.50 bits per heavy atom. The zero-order chi connectivity index (χ0) is 19.7. The predicted octanol–water partition coefficient (Wildman–Crippen LogP) is 3.43. The second-order valence-corrected chi connectivity index (χ2v) is 8.46. The van der Waals surface area contributed by atoms with Gasteiger partial charge in [0.15, 0.2) is 0 Å². The van der Waals surface area contributed by atoms with Gasteiger partial charge in [0.05, 0.1) is 5.69 Å². The molecule has 1 fully saturated rings. The normalized spacial score (nSPS) is 18.4. The molecule has 2 aromatic rings. The second kappa shape index (κ2) is 8.23. The molecule has 7 heteroatoms. The summed E-state index contributed by atoms with van der Waals surface area (Å²) < 4.78 is 1.04. The summed E-state index contributed by atoms with van der Waals surface area (Å²) in [6.07, 6.45) is 0. The van der Waals surface area contributed by atoms with Crippen LogP contribution >= 0.6 is 34.2 Å². The SMILES string of the molecule is O=C1C(Cl)=C(N2CCN(Cc3ccccc3)CC2)C(=O)N1c1ccc(I)cc1. The Balaban J connectivity index is 1.45. The van der Waals surface area contributed by atoms with E-state index in [1.807, 2.05) is 35.2 Å². The zero-order valence-electron chi connectivity index (χ0n) is 15.1. The molecule has 0 N–H and O–H groups in total. The van der Waals surface area contributed by atoms with E-state index in [4.69, 9.17) is 11.6 Å². The van der Waals surface area contributed by atoms with Crippen molar-refractivity contribution in [2.75, 3.05) is 31.1 Å². The fraction of sp³-hybridized carbons (Fsp3) is 0.238. The molecule has 0 radical (unpaired) electrons. The predicted molar refractivity (Wildman–Crippen MR) is 118 cm³/mol. The molecule has 4 rings (SSSR count). The van der Waals surface area contributed by atoms with Gasteiger partial charge in [-0.1, -0.05) is 41.9 Å². The van der Waals surface area contributed by atoms with Crippen molar-refractivity contribution in [1.82, 2.24) is 9.80 Å². The molecule has 0 bridgehead atoms. The smallest absolute Gasteiger partial charge is 0.283 e. The maximum Gasteiger partial charge on any atom is 0.283 e. The van der Waals surface area contributed by atoms with E-state index in [2.05, 4.69) is 39.6 Å². The van der Waals surface area contributed by atoms with E-state index in [1.165, 1.54) is 10.5 Å². The fourth-order valence-electron chi connectivity index (χ4n) is 3.56. The average Bonchev–Trinajstić information content (AvgIpc) is 2.93. The number of rotatable bonds is 4. The first-order valence-corrected chi connectivity index (χ1v) is 10.6. The summed E-state index contributed by atoms with van der Waals surface area (Å²) >= 11 is 8.50. The summed E-state index contributed by atoms with van der Waals surface area (Å²) in [4.78, 5) is 31.1. The molecular formula is C21H19ClIN3O2. The minimum atomic E-state index is -0.449. The third-order valence-corrected chi connectivity index (χ3v) is 6.09. The molecule has 144 valence electrons. The van der Waals surface area contributed by atoms with Crippen LogP contribution < -0.4 is 4.90 Å². The van der Waals surface area contributed by atoms with Crippen LogP contribution in [0, 0.1) is 3.57 Å². The van der Waals surface area contributed by atoms with Crippen LogP contribution in [0.25, 0.3) is 0 Å². The molecule has 0 aromatic heterocycles. The van der Waals surface area contributed by atoms with Crippen LogP contribution in [0.5, 0.6) is 0 Å². The molecule has 0 atom stereocenters. The second-order valence-electron chi connectivity index (χ2n) is 6.83. The summed E-state index contributed by atoms with van der Waals surface area (Å²) in [5, 5.41) is 0.0139. The molecular weight excluding hydrogens is 489 g/mol. The maximum absolute atomic E-state index is 13.0. The van der Waals surface area contributed by atoms with Crippen molar-refractivity contribution in [3.63, 3.8) is 0 Å². The highest BCUT2D eigenvalue weighted by Gasteiger charge is 2.41. The van der Waals surface area contributed by atoms with Crippen molar-refractivity contribution in [3.8, 4) is 0 Å². The van der Waals surface area contributed by atoms with E-state index in [0.717, 1.165) is 23.2 Å². The molecule has 1 saturated heterocycles. The van der Waals surface area contributed by atoms with Crippen LogP contribution in [-0.4, -0.2) is 47.8 Å². The van der Waals surface area contributed by atoms with Gasteiger partial charge in [-0.25, -0.2) is 4.90 Å². The van der Waals surface area contributed by atoms with E-state index in [-0.39, 0.29) is 10.9 Å². The largest absolute Gasteiger partial charge is 0.363 e. The molecule has 2 aromatic carbocycles. The molecule has 2 heterocycles. The summed E-state index contributed by atoms with van der Waals surface area (Å²) in [6.45, 7) is 3.83. The monoisotopic (exact) mass is 507 g/mol. The molecule has 28 heavy (non-hydrogen) atoms. The molecule has 0 saturated carbocycles. The van der Waals surface area contributed by atoms with Crippen LogP contribution in [0.4, 0.5) is 5.69 Å². The Morgan fingerprint density at radius 1 is 0.857 bits per heavy atom. The lowest BCUT2D eigenvalue weighted by atomic mass is 10.2. The number of imide groups is 1. The van der Waals surface area contributed by atoms with Gasteiger partial charge in [-0.3, -0.25) is 14.5 Å². The van der Waals surface area contributed by atoms with Crippen molar-refractivity contribution in [3.05, 3.63) is 74.5 Å². The molecule has 0 unspecified atom stereocenters. The lowest BCUT2D eigenvalue weighted by Gasteiger charge is -2.36. The summed E-state index contributed by atoms with van der Waals surface area (Å²) in [5.41, 5.74) is 2.14. The van der Waals surface area contributed by atoms with Crippen molar-refractivity contribution in [2.45, 2.75) is 6.54 Å². The minimum Gasteiger partial charge on any atom is -0.363 e. The van der Waals surface area contributed by atoms with Gasteiger partial charge in [0.2, 0.25) is 0 Å². The van der Waals surface area contributed by atoms with Crippen molar-refractivity contribution < 1.29 is 9.59 Å². The first-order chi connectivity index (χ1) is 13.5. The van der Waals surface area contributed by atoms with E-state index >= 15 is 0 Å². The number of halogens is 2. The van der Waals surface area contributed by atoms with Gasteiger partial charge >= 0.3 is 0 Å². The third-order valence-electron chi connectivity index (χ3n) is 5.03. The number of carbonyl (C=O) groups is 2. The van der Waals surface area contributed by atoms with Gasteiger partial charge in [-0.2, -0.15) is 0 Å². The quantitative estimate of drug-likeness (QED) is 0.470. The molecule has 5 nitrogen and oxygen atoms in total. The van der Waals surface area contributed by atoms with Crippen molar-refractivity contribution in [2.24, 2.45) is 0 Å². The Morgan fingerprint density at radius 3 is 2.14 bits per heavy atom. The molecule has 2 amide bonds. The van der Waals surface area contributed by atoms with Gasteiger partial charge in [-0.05, 0) is 52.4 Å². The highest BCUT2D eigenvalue weighted by atomic mass is 127. The average molecular weight is 508 g/mol. The van der Waals surface area contributed by atoms with Gasteiger partial charge < -0.3 is 4.90 Å². The number of hydrogen-bond donors (Lipinski definition) is 0. The number of hydrogen-bond acceptors (Lipinski definition) is 4. The molecule has 2 aliphatic rings. The van der Waals surface area contributed by atoms with Crippen LogP contribution in [0.2, 0.25) is 0 Å². The zero-order valence-corrected chi connectivity index (χ0v) is 18.1. The van der Waals surface area contributed by atoms with Crippen molar-refractivity contribution >= 4 is 51.7 Å². The number of piperazine rings is 1. The first kappa shape index (κ1) is 19.4. The molecule has 2 aliphatic heterocycles. The minimum absolute atomic E-state index is 0.0139. The standard InChI is InChI=1S/C21H19ClIN3O2/c22-18-19(21(28)26(20(18)27)17-8-6-16(23)7-9-17)25-12-10-24(11-13-25)14-15-4-2-1-3-5-15/h1-9H,10-14H2. The van der Waals surface area contributed by atoms with Crippen LogP contribution in [-0.2, 0) is 16.1 Å². The topological polar surface area (TPSA) is 43.9 Å². The van der Waals surface area contributed by atoms with E-state index in [1.54, 1.807) is 12.1 Å². The number of amides is 2. The summed E-state index contributed by atoms with van der Waals surface area (Å²) in [6, 6.07) is 17.6. The van der Waals surface area contributed by atoms with Crippen LogP contribution in [0.1, 0.15) is 5.56 Å². The highest BCUT2D eigenvalue weighted by Crippen LogP contribution is 2.32. The van der Waals surface area contributed by atoms with Crippen molar-refractivity contribution in [1.29, 1.82) is 0 Å². The Bertz CT molecular complexity index is 922. The molecule has 0 aliphatic carbocycles. The molecule has 0 spiro atoms. The maximum atomic E-state index is 13.0. The Kier molecular flexibility index (Phi) is 5.70. The van der Waals surface area contributed by atoms with Gasteiger partial charge in [0, 0.05) is 36.3 Å². The van der Waals surface area contributed by atoms with E-state index in [9.17, 15) is 9.59 Å². The van der Waals surface area contributed by atoms with Gasteiger partial charge in [-0.15, -0.1) is 0 Å². The van der Waals surface area contributed by atoms with Gasteiger partial charge in [0.25, 0.3) is 11.8 Å². The number of anilines is 1. The van der Waals surface area contributed by atoms with E-state index in [0.29, 0.717) is 24.5 Å². The van der Waals surface area contributed by atoms with Crippen LogP contribution in [0.15, 0.2) is 65.3 Å². The van der Waals surface area contributed by atoms with E-state index < -0.39 is 5.91 Å². The summed E-state index contributed by atoms with van der Waals surface area (Å²) in [7, 11) is 0. The number of carbonyl (C=O) groups excluding carboxylic acids is 2. The Hall–Kier alpha value is -1.90.